The second kappa shape index (κ2) is 15.2. The number of hydrogen-bond acceptors (Lipinski definition) is 7. The summed E-state index contributed by atoms with van der Waals surface area (Å²) in [5, 5.41) is 11.3. The molecule has 11 heteroatoms. The van der Waals surface area contributed by atoms with Crippen LogP contribution in [-0.2, 0) is 9.59 Å². The third kappa shape index (κ3) is 8.82. The molecule has 4 aromatic carbocycles. The van der Waals surface area contributed by atoms with E-state index in [2.05, 4.69) is 20.9 Å². The molecule has 0 aliphatic carbocycles. The summed E-state index contributed by atoms with van der Waals surface area (Å²) in [4.78, 5) is 44.3. The van der Waals surface area contributed by atoms with Gasteiger partial charge < -0.3 is 20.7 Å². The highest BCUT2D eigenvalue weighted by atomic mass is 35.5. The number of carbonyl (C=O) groups is 3. The summed E-state index contributed by atoms with van der Waals surface area (Å²) in [7, 11) is 1.60. The van der Waals surface area contributed by atoms with Crippen molar-refractivity contribution in [3.8, 4) is 17.0 Å². The Morgan fingerprint density at radius 3 is 2.44 bits per heavy atom. The first-order valence-corrected chi connectivity index (χ1v) is 15.9. The Hall–Kier alpha value is -4.90. The third-order valence-electron chi connectivity index (χ3n) is 6.31. The van der Waals surface area contributed by atoms with Gasteiger partial charge in [-0.15, -0.1) is 23.1 Å². The number of thiazole rings is 1. The minimum absolute atomic E-state index is 0.0551. The molecule has 45 heavy (non-hydrogen) atoms. The van der Waals surface area contributed by atoms with Crippen LogP contribution in [0.4, 0.5) is 10.8 Å². The average molecular weight is 655 g/mol. The summed E-state index contributed by atoms with van der Waals surface area (Å²) in [6.45, 7) is 0. The van der Waals surface area contributed by atoms with Gasteiger partial charge >= 0.3 is 0 Å². The Balaban J connectivity index is 1.22. The van der Waals surface area contributed by atoms with Crippen molar-refractivity contribution in [3.63, 3.8) is 0 Å². The molecule has 0 saturated heterocycles. The molecule has 1 aromatic heterocycles. The molecule has 0 aliphatic rings. The van der Waals surface area contributed by atoms with E-state index < -0.39 is 11.8 Å². The van der Waals surface area contributed by atoms with E-state index in [0.717, 1.165) is 10.5 Å². The smallest absolute Gasteiger partial charge is 0.272 e. The number of benzene rings is 4. The number of methoxy groups -OCH3 is 1. The number of nitrogens with one attached hydrogen (secondary N) is 3. The number of rotatable bonds is 11. The average Bonchev–Trinajstić information content (AvgIpc) is 3.53. The number of thioether (sulfide) groups is 1. The second-order valence-corrected chi connectivity index (χ2v) is 11.8. The van der Waals surface area contributed by atoms with E-state index in [9.17, 15) is 14.4 Å². The van der Waals surface area contributed by atoms with Gasteiger partial charge in [-0.05, 0) is 66.2 Å². The highest BCUT2D eigenvalue weighted by molar-refractivity contribution is 8.00. The zero-order chi connectivity index (χ0) is 31.6. The summed E-state index contributed by atoms with van der Waals surface area (Å²) in [5.74, 6) is -0.308. The molecule has 0 fully saturated rings. The number of aromatic nitrogens is 1. The molecule has 1 heterocycles. The fraction of sp³-hybridized carbons (Fsp3) is 0.0588. The van der Waals surface area contributed by atoms with Crippen molar-refractivity contribution in [1.29, 1.82) is 0 Å². The number of ether oxygens (including phenoxy) is 1. The van der Waals surface area contributed by atoms with Crippen molar-refractivity contribution < 1.29 is 19.1 Å². The molecular weight excluding hydrogens is 628 g/mol. The van der Waals surface area contributed by atoms with E-state index in [1.165, 1.54) is 23.1 Å². The van der Waals surface area contributed by atoms with E-state index in [1.54, 1.807) is 86.0 Å². The van der Waals surface area contributed by atoms with Crippen LogP contribution < -0.4 is 20.7 Å². The van der Waals surface area contributed by atoms with E-state index in [0.29, 0.717) is 38.4 Å². The van der Waals surface area contributed by atoms with Gasteiger partial charge in [-0.1, -0.05) is 60.1 Å². The molecule has 0 bridgehead atoms. The number of para-hydroxylation sites is 1. The van der Waals surface area contributed by atoms with Crippen molar-refractivity contribution in [2.45, 2.75) is 4.90 Å². The molecule has 3 N–H and O–H groups in total. The van der Waals surface area contributed by atoms with Crippen LogP contribution in [-0.4, -0.2) is 35.6 Å². The van der Waals surface area contributed by atoms with Crippen LogP contribution in [0.3, 0.4) is 0 Å². The van der Waals surface area contributed by atoms with Gasteiger partial charge in [0.2, 0.25) is 5.91 Å². The topological polar surface area (TPSA) is 109 Å². The molecule has 0 unspecified atom stereocenters. The van der Waals surface area contributed by atoms with Crippen LogP contribution in [0.15, 0.2) is 119 Å². The van der Waals surface area contributed by atoms with Crippen LogP contribution in [0, 0.1) is 0 Å². The minimum atomic E-state index is -0.510. The van der Waals surface area contributed by atoms with Crippen molar-refractivity contribution in [2.24, 2.45) is 0 Å². The molecule has 0 saturated carbocycles. The van der Waals surface area contributed by atoms with Gasteiger partial charge in [-0.25, -0.2) is 4.98 Å². The normalized spacial score (nSPS) is 11.0. The zero-order valence-corrected chi connectivity index (χ0v) is 26.3. The molecule has 0 spiro atoms. The van der Waals surface area contributed by atoms with E-state index in [-0.39, 0.29) is 17.4 Å². The maximum atomic E-state index is 13.4. The predicted octanol–water partition coefficient (Wildman–Crippen LogP) is 7.61. The first kappa shape index (κ1) is 31.5. The molecule has 5 aromatic rings. The van der Waals surface area contributed by atoms with Crippen LogP contribution >= 0.6 is 34.7 Å². The molecule has 5 rings (SSSR count). The number of halogens is 1. The Labute approximate surface area is 273 Å². The van der Waals surface area contributed by atoms with E-state index in [1.807, 2.05) is 35.7 Å². The Morgan fingerprint density at radius 1 is 0.911 bits per heavy atom. The van der Waals surface area contributed by atoms with Crippen molar-refractivity contribution in [3.05, 3.63) is 130 Å². The first-order chi connectivity index (χ1) is 21.9. The highest BCUT2D eigenvalue weighted by Gasteiger charge is 2.16. The maximum absolute atomic E-state index is 13.4. The van der Waals surface area contributed by atoms with Gasteiger partial charge in [0.1, 0.15) is 11.4 Å². The largest absolute Gasteiger partial charge is 0.496 e. The summed E-state index contributed by atoms with van der Waals surface area (Å²) in [6.07, 6.45) is 1.58. The number of carbonyl (C=O) groups excluding carboxylic acids is 3. The molecule has 3 amide bonds. The number of hydrogen-bond donors (Lipinski definition) is 3. The molecule has 0 radical (unpaired) electrons. The molecular formula is C34H27ClN4O4S2. The van der Waals surface area contributed by atoms with E-state index >= 15 is 0 Å². The SMILES string of the molecule is COc1ccccc1-c1csc(NC(=O)CSc2cccc(NC(=O)/C(=C/c3ccc(Cl)cc3)NC(=O)c3ccccc3)c2)n1. The van der Waals surface area contributed by atoms with Crippen LogP contribution in [0.25, 0.3) is 17.3 Å². The lowest BCUT2D eigenvalue weighted by atomic mass is 10.1. The van der Waals surface area contributed by atoms with Crippen molar-refractivity contribution >= 4 is 69.3 Å². The van der Waals surface area contributed by atoms with E-state index in [4.69, 9.17) is 16.3 Å². The van der Waals surface area contributed by atoms with Gasteiger partial charge in [0, 0.05) is 32.1 Å². The zero-order valence-electron chi connectivity index (χ0n) is 24.0. The van der Waals surface area contributed by atoms with Gasteiger partial charge in [0.15, 0.2) is 5.13 Å². The number of nitrogens with zero attached hydrogens (tertiary/aromatic N) is 1. The van der Waals surface area contributed by atoms with Crippen LogP contribution in [0.2, 0.25) is 5.02 Å². The molecule has 0 atom stereocenters. The minimum Gasteiger partial charge on any atom is -0.496 e. The first-order valence-electron chi connectivity index (χ1n) is 13.6. The molecule has 0 aliphatic heterocycles. The van der Waals surface area contributed by atoms with Gasteiger partial charge in [-0.2, -0.15) is 0 Å². The van der Waals surface area contributed by atoms with Crippen molar-refractivity contribution in [2.75, 3.05) is 23.5 Å². The van der Waals surface area contributed by atoms with Crippen LogP contribution in [0.5, 0.6) is 5.75 Å². The maximum Gasteiger partial charge on any atom is 0.272 e. The summed E-state index contributed by atoms with van der Waals surface area (Å²) >= 11 is 8.66. The fourth-order valence-electron chi connectivity index (χ4n) is 4.15. The second-order valence-electron chi connectivity index (χ2n) is 9.49. The monoisotopic (exact) mass is 654 g/mol. The predicted molar refractivity (Wildman–Crippen MR) is 182 cm³/mol. The lowest BCUT2D eigenvalue weighted by Gasteiger charge is -2.12. The summed E-state index contributed by atoms with van der Waals surface area (Å²) in [5.41, 5.74) is 3.22. The quantitative estimate of drug-likeness (QED) is 0.0999. The van der Waals surface area contributed by atoms with Gasteiger partial charge in [-0.3, -0.25) is 14.4 Å². The Bertz CT molecular complexity index is 1840. The third-order valence-corrected chi connectivity index (χ3v) is 8.31. The summed E-state index contributed by atoms with van der Waals surface area (Å²) < 4.78 is 5.41. The lowest BCUT2D eigenvalue weighted by molar-refractivity contribution is -0.114. The fourth-order valence-corrected chi connectivity index (χ4v) is 5.75. The standard InChI is InChI=1S/C34H27ClN4O4S2/c1-43-30-13-6-5-12-27(30)29-20-45-34(38-29)39-31(40)21-44-26-11-7-10-25(19-26)36-33(42)28(18-22-14-16-24(35)17-15-22)37-32(41)23-8-3-2-4-9-23/h2-20H,21H2,1H3,(H,36,42)(H,37,41)(H,38,39,40)/b28-18-. The van der Waals surface area contributed by atoms with Gasteiger partial charge in [0.05, 0.1) is 18.6 Å². The van der Waals surface area contributed by atoms with Crippen LogP contribution in [0.1, 0.15) is 15.9 Å². The number of amides is 3. The Kier molecular flexibility index (Phi) is 10.7. The lowest BCUT2D eigenvalue weighted by Crippen LogP contribution is -2.30. The number of anilines is 2. The van der Waals surface area contributed by atoms with Crippen molar-refractivity contribution in [1.82, 2.24) is 10.3 Å². The molecule has 8 nitrogen and oxygen atoms in total. The molecule has 226 valence electrons. The van der Waals surface area contributed by atoms with Gasteiger partial charge in [0.25, 0.3) is 11.8 Å². The Morgan fingerprint density at radius 2 is 1.67 bits per heavy atom. The highest BCUT2D eigenvalue weighted by Crippen LogP contribution is 2.32. The summed E-state index contributed by atoms with van der Waals surface area (Å²) in [6, 6.07) is 30.2.